The highest BCUT2D eigenvalue weighted by Crippen LogP contribution is 2.34. The van der Waals surface area contributed by atoms with Crippen molar-refractivity contribution in [1.82, 2.24) is 10.4 Å². The third-order valence-electron chi connectivity index (χ3n) is 2.47. The summed E-state index contributed by atoms with van der Waals surface area (Å²) < 4.78 is 38.7. The Labute approximate surface area is 115 Å². The summed E-state index contributed by atoms with van der Waals surface area (Å²) in [4.78, 5) is 3.77. The summed E-state index contributed by atoms with van der Waals surface area (Å²) in [5.41, 5.74) is 1.85. The molecule has 0 fully saturated rings. The second-order valence-corrected chi connectivity index (χ2v) is 5.69. The van der Waals surface area contributed by atoms with Crippen LogP contribution in [0.25, 0.3) is 0 Å². The van der Waals surface area contributed by atoms with Gasteiger partial charge in [-0.2, -0.15) is 24.9 Å². The Kier molecular flexibility index (Phi) is 6.09. The molecule has 1 aromatic rings. The molecule has 0 bridgehead atoms. The van der Waals surface area contributed by atoms with E-state index in [0.29, 0.717) is 11.7 Å². The predicted octanol–water partition coefficient (Wildman–Crippen LogP) is 2.99. The number of pyridine rings is 1. The quantitative estimate of drug-likeness (QED) is 0.625. The first kappa shape index (κ1) is 16.3. The van der Waals surface area contributed by atoms with E-state index in [-0.39, 0.29) is 5.56 Å². The van der Waals surface area contributed by atoms with Gasteiger partial charge in [0.05, 0.1) is 11.6 Å². The fraction of sp³-hybridized carbons (Fsp3) is 0.583. The number of halogens is 3. The molecule has 7 heteroatoms. The molecular weight excluding hydrogens is 275 g/mol. The fourth-order valence-electron chi connectivity index (χ4n) is 1.59. The van der Waals surface area contributed by atoms with Gasteiger partial charge in [0.2, 0.25) is 0 Å². The van der Waals surface area contributed by atoms with Crippen molar-refractivity contribution in [3.05, 3.63) is 29.6 Å². The monoisotopic (exact) mass is 293 g/mol. The van der Waals surface area contributed by atoms with Crippen LogP contribution in [0, 0.1) is 5.92 Å². The molecule has 3 nitrogen and oxygen atoms in total. The molecule has 0 aliphatic rings. The van der Waals surface area contributed by atoms with Gasteiger partial charge in [-0.3, -0.25) is 16.3 Å². The van der Waals surface area contributed by atoms with Crippen molar-refractivity contribution >= 4 is 11.8 Å². The Morgan fingerprint density at radius 1 is 1.37 bits per heavy atom. The first-order valence-corrected chi connectivity index (χ1v) is 7.06. The van der Waals surface area contributed by atoms with Crippen molar-refractivity contribution < 1.29 is 13.2 Å². The van der Waals surface area contributed by atoms with Crippen molar-refractivity contribution in [1.29, 1.82) is 0 Å². The summed E-state index contributed by atoms with van der Waals surface area (Å²) in [5.74, 6) is 7.21. The number of nitrogens with one attached hydrogen (secondary N) is 1. The highest BCUT2D eigenvalue weighted by molar-refractivity contribution is 7.99. The molecule has 0 saturated carbocycles. The zero-order valence-corrected chi connectivity index (χ0v) is 11.7. The van der Waals surface area contributed by atoms with Crippen LogP contribution in [0.3, 0.4) is 0 Å². The lowest BCUT2D eigenvalue weighted by molar-refractivity contribution is -0.138. The molecule has 19 heavy (non-hydrogen) atoms. The summed E-state index contributed by atoms with van der Waals surface area (Å²) in [6, 6.07) is 0.418. The normalized spacial score (nSPS) is 13.8. The van der Waals surface area contributed by atoms with E-state index in [4.69, 9.17) is 5.84 Å². The molecule has 0 aliphatic carbocycles. The maximum atomic E-state index is 12.9. The lowest BCUT2D eigenvalue weighted by atomic mass is 10.0. The number of rotatable bonds is 6. The average molecular weight is 293 g/mol. The zero-order valence-electron chi connectivity index (χ0n) is 10.9. The molecule has 108 valence electrons. The van der Waals surface area contributed by atoms with Gasteiger partial charge in [0.15, 0.2) is 0 Å². The van der Waals surface area contributed by atoms with E-state index in [1.54, 1.807) is 11.8 Å². The Morgan fingerprint density at radius 3 is 2.58 bits per heavy atom. The number of nitrogens with zero attached hydrogens (tertiary/aromatic N) is 1. The van der Waals surface area contributed by atoms with E-state index in [0.717, 1.165) is 18.0 Å². The first-order valence-electron chi connectivity index (χ1n) is 5.91. The third-order valence-corrected chi connectivity index (χ3v) is 3.94. The van der Waals surface area contributed by atoms with Crippen molar-refractivity contribution in [3.63, 3.8) is 0 Å². The third kappa shape index (κ3) is 5.00. The fourth-order valence-corrected chi connectivity index (χ4v) is 2.71. The highest BCUT2D eigenvalue weighted by Gasteiger charge is 2.35. The van der Waals surface area contributed by atoms with Crippen LogP contribution < -0.4 is 11.3 Å². The summed E-state index contributed by atoms with van der Waals surface area (Å²) in [5, 5.41) is 0. The number of hydrogen-bond donors (Lipinski definition) is 2. The average Bonchev–Trinajstić information content (AvgIpc) is 2.33. The number of alkyl halides is 3. The van der Waals surface area contributed by atoms with Gasteiger partial charge in [0.1, 0.15) is 0 Å². The Hall–Kier alpha value is -0.790. The van der Waals surface area contributed by atoms with Crippen LogP contribution in [-0.4, -0.2) is 16.5 Å². The minimum Gasteiger partial charge on any atom is -0.271 e. The number of hydrogen-bond acceptors (Lipinski definition) is 4. The summed E-state index contributed by atoms with van der Waals surface area (Å²) in [6.45, 7) is 4.12. The van der Waals surface area contributed by atoms with Gasteiger partial charge < -0.3 is 0 Å². The van der Waals surface area contributed by atoms with Crippen LogP contribution in [-0.2, 0) is 6.18 Å². The van der Waals surface area contributed by atoms with Gasteiger partial charge in [-0.25, -0.2) is 0 Å². The summed E-state index contributed by atoms with van der Waals surface area (Å²) in [6.07, 6.45) is -2.03. The molecule has 1 atom stereocenters. The second kappa shape index (κ2) is 7.12. The topological polar surface area (TPSA) is 50.9 Å². The van der Waals surface area contributed by atoms with Crippen LogP contribution in [0.15, 0.2) is 18.5 Å². The number of aromatic nitrogens is 1. The van der Waals surface area contributed by atoms with E-state index in [9.17, 15) is 13.2 Å². The first-order chi connectivity index (χ1) is 8.86. The molecule has 1 unspecified atom stereocenters. The predicted molar refractivity (Wildman–Crippen MR) is 71.5 cm³/mol. The molecule has 0 radical (unpaired) electrons. The van der Waals surface area contributed by atoms with Crippen LogP contribution >= 0.6 is 11.8 Å². The second-order valence-electron chi connectivity index (χ2n) is 4.61. The van der Waals surface area contributed by atoms with Crippen molar-refractivity contribution in [2.45, 2.75) is 26.1 Å². The van der Waals surface area contributed by atoms with E-state index < -0.39 is 17.8 Å². The minimum absolute atomic E-state index is 0.0914. The molecule has 3 N–H and O–H groups in total. The summed E-state index contributed by atoms with van der Waals surface area (Å²) in [7, 11) is 0. The molecule has 1 rings (SSSR count). The molecule has 0 spiro atoms. The molecule has 1 aromatic heterocycles. The van der Waals surface area contributed by atoms with Gasteiger partial charge in [-0.15, -0.1) is 0 Å². The molecule has 0 aromatic carbocycles. The highest BCUT2D eigenvalue weighted by atomic mass is 32.2. The minimum atomic E-state index is -4.39. The van der Waals surface area contributed by atoms with Gasteiger partial charge in [-0.1, -0.05) is 13.8 Å². The Morgan fingerprint density at radius 2 is 2.05 bits per heavy atom. The largest absolute Gasteiger partial charge is 0.416 e. The molecular formula is C12H18F3N3S. The standard InChI is InChI=1S/C12H18F3N3S/c1-8(2)6-19-7-11(18-16)9-5-17-4-3-10(9)12(13,14)15/h3-5,8,11,18H,6-7,16H2,1-2H3. The number of nitrogens with two attached hydrogens (primary N) is 1. The SMILES string of the molecule is CC(C)CSCC(NN)c1cnccc1C(F)(F)F. The van der Waals surface area contributed by atoms with Crippen molar-refractivity contribution in [3.8, 4) is 0 Å². The van der Waals surface area contributed by atoms with E-state index >= 15 is 0 Å². The lowest BCUT2D eigenvalue weighted by Gasteiger charge is -2.20. The molecule has 0 aliphatic heterocycles. The van der Waals surface area contributed by atoms with Gasteiger partial charge >= 0.3 is 6.18 Å². The molecule has 0 amide bonds. The number of hydrazine groups is 1. The van der Waals surface area contributed by atoms with Crippen LogP contribution in [0.1, 0.15) is 31.0 Å². The maximum absolute atomic E-state index is 12.9. The van der Waals surface area contributed by atoms with E-state index in [1.165, 1.54) is 6.20 Å². The van der Waals surface area contributed by atoms with Gasteiger partial charge in [0, 0.05) is 23.7 Å². The zero-order chi connectivity index (χ0) is 14.5. The smallest absolute Gasteiger partial charge is 0.271 e. The molecule has 0 saturated heterocycles. The Balaban J connectivity index is 2.86. The van der Waals surface area contributed by atoms with Crippen molar-refractivity contribution in [2.24, 2.45) is 11.8 Å². The van der Waals surface area contributed by atoms with Gasteiger partial charge in [-0.05, 0) is 17.7 Å². The molecule has 1 heterocycles. The maximum Gasteiger partial charge on any atom is 0.416 e. The Bertz CT molecular complexity index is 396. The summed E-state index contributed by atoms with van der Waals surface area (Å²) >= 11 is 1.57. The van der Waals surface area contributed by atoms with Crippen LogP contribution in [0.4, 0.5) is 13.2 Å². The van der Waals surface area contributed by atoms with Crippen LogP contribution in [0.2, 0.25) is 0 Å². The van der Waals surface area contributed by atoms with Gasteiger partial charge in [0.25, 0.3) is 0 Å². The number of thioether (sulfide) groups is 1. The van der Waals surface area contributed by atoms with Crippen LogP contribution in [0.5, 0.6) is 0 Å². The van der Waals surface area contributed by atoms with Crippen molar-refractivity contribution in [2.75, 3.05) is 11.5 Å². The lowest BCUT2D eigenvalue weighted by Crippen LogP contribution is -2.31. The van der Waals surface area contributed by atoms with E-state index in [2.05, 4.69) is 24.3 Å². The van der Waals surface area contributed by atoms with E-state index in [1.807, 2.05) is 0 Å².